The first-order chi connectivity index (χ1) is 6.62. The minimum absolute atomic E-state index is 0.306. The van der Waals surface area contributed by atoms with Gasteiger partial charge < -0.3 is 15.8 Å². The molecular formula is C10H21N3O. The molecule has 0 amide bonds. The van der Waals surface area contributed by atoms with E-state index in [1.165, 1.54) is 19.3 Å². The molecule has 14 heavy (non-hydrogen) atoms. The fourth-order valence-corrected chi connectivity index (χ4v) is 2.02. The molecule has 1 aliphatic rings. The van der Waals surface area contributed by atoms with Crippen LogP contribution >= 0.6 is 0 Å². The molecule has 0 unspecified atom stereocenters. The lowest BCUT2D eigenvalue weighted by Gasteiger charge is -2.22. The summed E-state index contributed by atoms with van der Waals surface area (Å²) in [6.07, 6.45) is 4.32. The van der Waals surface area contributed by atoms with Crippen molar-refractivity contribution in [2.24, 2.45) is 16.3 Å². The third-order valence-electron chi connectivity index (χ3n) is 2.85. The smallest absolute Gasteiger partial charge is 0.139 e. The maximum absolute atomic E-state index is 8.51. The Kier molecular flexibility index (Phi) is 3.75. The average Bonchev–Trinajstić information content (AvgIpc) is 2.85. The molecule has 0 saturated heterocycles. The van der Waals surface area contributed by atoms with Crippen LogP contribution in [0.25, 0.3) is 0 Å². The zero-order valence-electron chi connectivity index (χ0n) is 9.16. The Bertz CT molecular complexity index is 211. The van der Waals surface area contributed by atoms with Crippen molar-refractivity contribution in [3.8, 4) is 0 Å². The summed E-state index contributed by atoms with van der Waals surface area (Å²) in [5.41, 5.74) is 5.84. The molecule has 1 saturated carbocycles. The van der Waals surface area contributed by atoms with Crippen LogP contribution in [0.2, 0.25) is 0 Å². The Labute approximate surface area is 85.8 Å². The number of hydrogen-bond donors (Lipinski definition) is 2. The van der Waals surface area contributed by atoms with Gasteiger partial charge >= 0.3 is 0 Å². The van der Waals surface area contributed by atoms with Gasteiger partial charge in [-0.05, 0) is 38.3 Å². The van der Waals surface area contributed by atoms with Gasteiger partial charge in [-0.1, -0.05) is 12.1 Å². The van der Waals surface area contributed by atoms with Crippen LogP contribution in [0.1, 0.15) is 32.6 Å². The average molecular weight is 199 g/mol. The van der Waals surface area contributed by atoms with Crippen LogP contribution in [-0.2, 0) is 0 Å². The highest BCUT2D eigenvalue weighted by Gasteiger charge is 2.43. The minimum Gasteiger partial charge on any atom is -0.409 e. The van der Waals surface area contributed by atoms with E-state index in [0.29, 0.717) is 11.3 Å². The van der Waals surface area contributed by atoms with Gasteiger partial charge in [0, 0.05) is 13.0 Å². The summed E-state index contributed by atoms with van der Waals surface area (Å²) in [6.45, 7) is 4.37. The van der Waals surface area contributed by atoms with E-state index < -0.39 is 0 Å². The topological polar surface area (TPSA) is 61.8 Å². The quantitative estimate of drug-likeness (QED) is 0.293. The van der Waals surface area contributed by atoms with Gasteiger partial charge in [-0.2, -0.15) is 0 Å². The number of nitrogens with two attached hydrogens (primary N) is 1. The van der Waals surface area contributed by atoms with Crippen molar-refractivity contribution in [1.82, 2.24) is 4.90 Å². The summed E-state index contributed by atoms with van der Waals surface area (Å²) in [5.74, 6) is 0.368. The first kappa shape index (κ1) is 11.3. The van der Waals surface area contributed by atoms with Crippen LogP contribution in [0.3, 0.4) is 0 Å². The zero-order valence-corrected chi connectivity index (χ0v) is 9.16. The molecule has 3 N–H and O–H groups in total. The van der Waals surface area contributed by atoms with Crippen molar-refractivity contribution in [3.63, 3.8) is 0 Å². The van der Waals surface area contributed by atoms with Crippen LogP contribution in [0.4, 0.5) is 0 Å². The fraction of sp³-hybridized carbons (Fsp3) is 0.900. The predicted molar refractivity (Wildman–Crippen MR) is 57.5 cm³/mol. The molecule has 4 nitrogen and oxygen atoms in total. The Morgan fingerprint density at radius 2 is 2.21 bits per heavy atom. The van der Waals surface area contributed by atoms with Crippen LogP contribution < -0.4 is 5.73 Å². The van der Waals surface area contributed by atoms with Crippen molar-refractivity contribution in [2.45, 2.75) is 32.6 Å². The Hall–Kier alpha value is -0.770. The molecule has 0 aliphatic heterocycles. The maximum atomic E-state index is 8.51. The molecule has 0 radical (unpaired) electrons. The number of hydrogen-bond acceptors (Lipinski definition) is 3. The molecule has 82 valence electrons. The van der Waals surface area contributed by atoms with Crippen LogP contribution in [0.5, 0.6) is 0 Å². The maximum Gasteiger partial charge on any atom is 0.139 e. The van der Waals surface area contributed by atoms with Crippen LogP contribution in [0.15, 0.2) is 5.16 Å². The summed E-state index contributed by atoms with van der Waals surface area (Å²) >= 11 is 0. The summed E-state index contributed by atoms with van der Waals surface area (Å²) in [7, 11) is 2.13. The molecule has 0 aromatic rings. The highest BCUT2D eigenvalue weighted by atomic mass is 16.4. The van der Waals surface area contributed by atoms with E-state index in [-0.39, 0.29) is 0 Å². The van der Waals surface area contributed by atoms with E-state index in [4.69, 9.17) is 10.9 Å². The second-order valence-electron chi connectivity index (χ2n) is 4.51. The molecule has 0 spiro atoms. The van der Waals surface area contributed by atoms with Crippen molar-refractivity contribution in [1.29, 1.82) is 0 Å². The van der Waals surface area contributed by atoms with E-state index in [9.17, 15) is 0 Å². The van der Waals surface area contributed by atoms with Gasteiger partial charge in [0.1, 0.15) is 5.84 Å². The fourth-order valence-electron chi connectivity index (χ4n) is 2.02. The van der Waals surface area contributed by atoms with Gasteiger partial charge in [0.15, 0.2) is 0 Å². The zero-order chi connectivity index (χ0) is 10.6. The summed E-state index contributed by atoms with van der Waals surface area (Å²) in [5, 5.41) is 11.6. The second-order valence-corrected chi connectivity index (χ2v) is 4.51. The van der Waals surface area contributed by atoms with Crippen LogP contribution in [-0.4, -0.2) is 36.1 Å². The predicted octanol–water partition coefficient (Wildman–Crippen LogP) is 1.24. The van der Waals surface area contributed by atoms with Crippen molar-refractivity contribution >= 4 is 5.84 Å². The molecule has 0 bridgehead atoms. The van der Waals surface area contributed by atoms with Gasteiger partial charge in [0.05, 0.1) is 0 Å². The molecular weight excluding hydrogens is 178 g/mol. The monoisotopic (exact) mass is 199 g/mol. The number of amidine groups is 1. The molecule has 0 aromatic heterocycles. The lowest BCUT2D eigenvalue weighted by Crippen LogP contribution is -2.30. The van der Waals surface area contributed by atoms with E-state index in [1.54, 1.807) is 0 Å². The van der Waals surface area contributed by atoms with Gasteiger partial charge in [0.25, 0.3) is 0 Å². The Morgan fingerprint density at radius 3 is 2.64 bits per heavy atom. The Morgan fingerprint density at radius 1 is 1.57 bits per heavy atom. The second kappa shape index (κ2) is 4.64. The van der Waals surface area contributed by atoms with Gasteiger partial charge in [-0.25, -0.2) is 0 Å². The lowest BCUT2D eigenvalue weighted by atomic mass is 10.0. The van der Waals surface area contributed by atoms with Crippen LogP contribution in [0, 0.1) is 5.41 Å². The summed E-state index contributed by atoms with van der Waals surface area (Å²) in [6, 6.07) is 0. The van der Waals surface area contributed by atoms with E-state index in [1.807, 2.05) is 0 Å². The van der Waals surface area contributed by atoms with E-state index in [0.717, 1.165) is 19.5 Å². The number of rotatable bonds is 6. The first-order valence-corrected chi connectivity index (χ1v) is 5.27. The van der Waals surface area contributed by atoms with Crippen molar-refractivity contribution in [3.05, 3.63) is 0 Å². The minimum atomic E-state index is 0.306. The standard InChI is InChI=1S/C10H21N3O/c1-3-6-13(2)8-10(4-5-10)7-9(11)12-14/h14H,3-8H2,1-2H3,(H2,11,12). The van der Waals surface area contributed by atoms with Crippen molar-refractivity contribution < 1.29 is 5.21 Å². The SMILES string of the molecule is CCCN(C)CC1(CC(N)=NO)CC1. The Balaban J connectivity index is 2.35. The summed E-state index contributed by atoms with van der Waals surface area (Å²) < 4.78 is 0. The first-order valence-electron chi connectivity index (χ1n) is 5.27. The van der Waals surface area contributed by atoms with Gasteiger partial charge in [0.2, 0.25) is 0 Å². The molecule has 0 atom stereocenters. The molecule has 0 heterocycles. The highest BCUT2D eigenvalue weighted by Crippen LogP contribution is 2.49. The third kappa shape index (κ3) is 3.18. The molecule has 1 aliphatic carbocycles. The normalized spacial score (nSPS) is 20.1. The van der Waals surface area contributed by atoms with E-state index >= 15 is 0 Å². The van der Waals surface area contributed by atoms with Crippen molar-refractivity contribution in [2.75, 3.05) is 20.1 Å². The molecule has 1 fully saturated rings. The molecule has 4 heteroatoms. The highest BCUT2D eigenvalue weighted by molar-refractivity contribution is 5.80. The molecule has 1 rings (SSSR count). The third-order valence-corrected chi connectivity index (χ3v) is 2.85. The van der Waals surface area contributed by atoms with Gasteiger partial charge in [-0.3, -0.25) is 0 Å². The number of oxime groups is 1. The van der Waals surface area contributed by atoms with Gasteiger partial charge in [-0.15, -0.1) is 0 Å². The van der Waals surface area contributed by atoms with E-state index in [2.05, 4.69) is 24.0 Å². The lowest BCUT2D eigenvalue weighted by molar-refractivity contribution is 0.263. The molecule has 0 aromatic carbocycles. The largest absolute Gasteiger partial charge is 0.409 e. The summed E-state index contributed by atoms with van der Waals surface area (Å²) in [4.78, 5) is 2.33. The number of nitrogens with zero attached hydrogens (tertiary/aromatic N) is 2.